The second-order valence-corrected chi connectivity index (χ2v) is 4.84. The number of hydrogen-bond donors (Lipinski definition) is 0. The average molecular weight is 279 g/mol. The molecule has 0 aliphatic heterocycles. The molecule has 0 aromatic heterocycles. The van der Waals surface area contributed by atoms with Crippen LogP contribution < -0.4 is 0 Å². The van der Waals surface area contributed by atoms with Crippen molar-refractivity contribution in [2.75, 3.05) is 19.5 Å². The predicted octanol–water partition coefficient (Wildman–Crippen LogP) is 3.60. The molecule has 5 heteroatoms. The van der Waals surface area contributed by atoms with Crippen LogP contribution >= 0.6 is 35.0 Å². The smallest absolute Gasteiger partial charge is 0.219 e. The van der Waals surface area contributed by atoms with Gasteiger partial charge in [0.25, 0.3) is 0 Å². The van der Waals surface area contributed by atoms with Gasteiger partial charge in [0.05, 0.1) is 6.61 Å². The molecule has 0 aliphatic carbocycles. The molecule has 0 aliphatic rings. The van der Waals surface area contributed by atoms with Gasteiger partial charge >= 0.3 is 0 Å². The fourth-order valence-corrected chi connectivity index (χ4v) is 2.37. The molecule has 1 rings (SSSR count). The molecule has 0 atom stereocenters. The van der Waals surface area contributed by atoms with E-state index in [2.05, 4.69) is 0 Å². The lowest BCUT2D eigenvalue weighted by molar-refractivity contribution is 0.108. The van der Waals surface area contributed by atoms with Gasteiger partial charge in [-0.3, -0.25) is 4.79 Å². The van der Waals surface area contributed by atoms with Crippen LogP contribution in [0.3, 0.4) is 0 Å². The summed E-state index contributed by atoms with van der Waals surface area (Å²) in [5, 5.41) is 0.596. The first-order chi connectivity index (χ1) is 7.69. The molecule has 0 radical (unpaired) electrons. The number of ether oxygens (including phenoxy) is 1. The molecule has 0 heterocycles. The van der Waals surface area contributed by atoms with Crippen LogP contribution in [0.5, 0.6) is 0 Å². The molecule has 16 heavy (non-hydrogen) atoms. The van der Waals surface area contributed by atoms with Gasteiger partial charge in [-0.1, -0.05) is 23.4 Å². The van der Waals surface area contributed by atoms with Crippen LogP contribution in [-0.4, -0.2) is 24.6 Å². The van der Waals surface area contributed by atoms with E-state index in [9.17, 15) is 4.79 Å². The lowest BCUT2D eigenvalue weighted by atomic mass is 10.1. The molecule has 2 nitrogen and oxygen atoms in total. The molecule has 1 aromatic rings. The van der Waals surface area contributed by atoms with Crippen molar-refractivity contribution < 1.29 is 9.53 Å². The molecule has 88 valence electrons. The van der Waals surface area contributed by atoms with E-state index >= 15 is 0 Å². The van der Waals surface area contributed by atoms with Gasteiger partial charge in [0.2, 0.25) is 5.12 Å². The third kappa shape index (κ3) is 3.98. The van der Waals surface area contributed by atoms with Gasteiger partial charge in [-0.15, -0.1) is 11.6 Å². The topological polar surface area (TPSA) is 26.3 Å². The molecular formula is C11H12Cl2O2S. The van der Waals surface area contributed by atoms with Crippen molar-refractivity contribution in [1.29, 1.82) is 0 Å². The first kappa shape index (κ1) is 13.8. The van der Waals surface area contributed by atoms with Crippen molar-refractivity contribution in [2.24, 2.45) is 0 Å². The zero-order valence-electron chi connectivity index (χ0n) is 8.83. The van der Waals surface area contributed by atoms with Crippen molar-refractivity contribution in [3.63, 3.8) is 0 Å². The van der Waals surface area contributed by atoms with Crippen LogP contribution in [0.25, 0.3) is 0 Å². The number of benzene rings is 1. The van der Waals surface area contributed by atoms with E-state index in [1.54, 1.807) is 25.3 Å². The summed E-state index contributed by atoms with van der Waals surface area (Å²) in [6.45, 7) is 0.556. The predicted molar refractivity (Wildman–Crippen MR) is 69.7 cm³/mol. The second kappa shape index (κ2) is 7.17. The van der Waals surface area contributed by atoms with E-state index < -0.39 is 0 Å². The fraction of sp³-hybridized carbons (Fsp3) is 0.364. The van der Waals surface area contributed by atoms with Crippen LogP contribution in [0.1, 0.15) is 15.9 Å². The summed E-state index contributed by atoms with van der Waals surface area (Å²) in [6, 6.07) is 5.13. The zero-order chi connectivity index (χ0) is 12.0. The Bertz CT molecular complexity index is 369. The van der Waals surface area contributed by atoms with E-state index in [-0.39, 0.29) is 11.0 Å². The molecule has 0 N–H and O–H groups in total. The van der Waals surface area contributed by atoms with Crippen molar-refractivity contribution in [3.8, 4) is 0 Å². The Morgan fingerprint density at radius 1 is 1.50 bits per heavy atom. The summed E-state index contributed by atoms with van der Waals surface area (Å²) < 4.78 is 4.88. The number of carbonyl (C=O) groups is 1. The van der Waals surface area contributed by atoms with Crippen molar-refractivity contribution >= 4 is 40.1 Å². The van der Waals surface area contributed by atoms with Crippen molar-refractivity contribution in [2.45, 2.75) is 5.88 Å². The molecule has 0 spiro atoms. The fourth-order valence-electron chi connectivity index (χ4n) is 1.17. The molecular weight excluding hydrogens is 267 g/mol. The summed E-state index contributed by atoms with van der Waals surface area (Å²) in [7, 11) is 1.61. The van der Waals surface area contributed by atoms with Gasteiger partial charge in [-0.05, 0) is 23.8 Å². The molecule has 0 saturated heterocycles. The Hall–Kier alpha value is -0.220. The summed E-state index contributed by atoms with van der Waals surface area (Å²) in [5.41, 5.74) is 1.39. The molecule has 0 saturated carbocycles. The Labute approximate surface area is 109 Å². The quantitative estimate of drug-likeness (QED) is 0.608. The maximum absolute atomic E-state index is 11.8. The molecule has 1 aromatic carbocycles. The Balaban J connectivity index is 2.74. The minimum Gasteiger partial charge on any atom is -0.384 e. The van der Waals surface area contributed by atoms with E-state index in [1.807, 2.05) is 0 Å². The largest absolute Gasteiger partial charge is 0.384 e. The highest BCUT2D eigenvalue weighted by Gasteiger charge is 2.11. The number of carbonyl (C=O) groups excluding carboxylic acids is 1. The number of thioether (sulfide) groups is 1. The number of alkyl halides is 1. The highest BCUT2D eigenvalue weighted by atomic mass is 35.5. The van der Waals surface area contributed by atoms with E-state index in [0.717, 1.165) is 5.56 Å². The summed E-state index contributed by atoms with van der Waals surface area (Å²) in [4.78, 5) is 11.8. The highest BCUT2D eigenvalue weighted by molar-refractivity contribution is 8.14. The van der Waals surface area contributed by atoms with Crippen LogP contribution in [-0.2, 0) is 10.6 Å². The molecule has 0 bridgehead atoms. The Morgan fingerprint density at radius 3 is 2.88 bits per heavy atom. The van der Waals surface area contributed by atoms with Crippen LogP contribution in [0, 0.1) is 0 Å². The number of rotatable bonds is 5. The Morgan fingerprint density at radius 2 is 2.25 bits per heavy atom. The normalized spacial score (nSPS) is 10.4. The highest BCUT2D eigenvalue weighted by Crippen LogP contribution is 2.22. The SMILES string of the molecule is COCCSC(=O)c1ccc(Cl)cc1CCl. The monoisotopic (exact) mass is 278 g/mol. The lowest BCUT2D eigenvalue weighted by Gasteiger charge is -2.06. The number of halogens is 2. The molecule has 0 unspecified atom stereocenters. The molecule has 0 fully saturated rings. The first-order valence-corrected chi connectivity index (χ1v) is 6.59. The summed E-state index contributed by atoms with van der Waals surface area (Å²) in [5.74, 6) is 0.923. The Kier molecular flexibility index (Phi) is 6.21. The zero-order valence-corrected chi connectivity index (χ0v) is 11.2. The number of hydrogen-bond acceptors (Lipinski definition) is 3. The third-order valence-electron chi connectivity index (χ3n) is 1.95. The van der Waals surface area contributed by atoms with Crippen molar-refractivity contribution in [3.05, 3.63) is 34.3 Å². The van der Waals surface area contributed by atoms with Crippen LogP contribution in [0.2, 0.25) is 5.02 Å². The standard InChI is InChI=1S/C11H12Cl2O2S/c1-15-4-5-16-11(14)10-3-2-9(13)6-8(10)7-12/h2-3,6H,4-5,7H2,1H3. The average Bonchev–Trinajstić information content (AvgIpc) is 2.29. The van der Waals surface area contributed by atoms with Gasteiger partial charge in [0.15, 0.2) is 0 Å². The lowest BCUT2D eigenvalue weighted by Crippen LogP contribution is -2.02. The first-order valence-electron chi connectivity index (χ1n) is 4.69. The second-order valence-electron chi connectivity index (χ2n) is 3.06. The van der Waals surface area contributed by atoms with Gasteiger partial charge < -0.3 is 4.74 Å². The third-order valence-corrected chi connectivity index (χ3v) is 3.33. The van der Waals surface area contributed by atoms with Gasteiger partial charge in [0, 0.05) is 29.3 Å². The van der Waals surface area contributed by atoms with Gasteiger partial charge in [0.1, 0.15) is 0 Å². The van der Waals surface area contributed by atoms with Crippen molar-refractivity contribution in [1.82, 2.24) is 0 Å². The molecule has 0 amide bonds. The van der Waals surface area contributed by atoms with E-state index in [4.69, 9.17) is 27.9 Å². The number of methoxy groups -OCH3 is 1. The minimum atomic E-state index is 0.00404. The van der Waals surface area contributed by atoms with Crippen LogP contribution in [0.4, 0.5) is 0 Å². The maximum Gasteiger partial charge on any atom is 0.219 e. The van der Waals surface area contributed by atoms with Gasteiger partial charge in [-0.25, -0.2) is 0 Å². The summed E-state index contributed by atoms with van der Waals surface area (Å²) >= 11 is 12.8. The van der Waals surface area contributed by atoms with Crippen LogP contribution in [0.15, 0.2) is 18.2 Å². The summed E-state index contributed by atoms with van der Waals surface area (Å²) in [6.07, 6.45) is 0. The van der Waals surface area contributed by atoms with E-state index in [1.165, 1.54) is 11.8 Å². The maximum atomic E-state index is 11.8. The van der Waals surface area contributed by atoms with E-state index in [0.29, 0.717) is 22.9 Å². The minimum absolute atomic E-state index is 0.00404. The van der Waals surface area contributed by atoms with Gasteiger partial charge in [-0.2, -0.15) is 0 Å².